The zero-order chi connectivity index (χ0) is 15.9. The number of nitrogens with zero attached hydrogens (tertiary/aromatic N) is 2. The fourth-order valence-electron chi connectivity index (χ4n) is 1.78. The highest BCUT2D eigenvalue weighted by Gasteiger charge is 2.09. The van der Waals surface area contributed by atoms with E-state index in [4.69, 9.17) is 4.52 Å². The number of alkyl halides is 2. The van der Waals surface area contributed by atoms with Gasteiger partial charge in [0.25, 0.3) is 5.89 Å². The minimum Gasteiger partial charge on any atom is -0.434 e. The van der Waals surface area contributed by atoms with E-state index in [1.807, 2.05) is 14.0 Å². The molecule has 0 radical (unpaired) electrons. The van der Waals surface area contributed by atoms with Crippen molar-refractivity contribution in [3.05, 3.63) is 41.5 Å². The normalized spacial score (nSPS) is 12.4. The van der Waals surface area contributed by atoms with Crippen LogP contribution in [0.5, 0.6) is 5.75 Å². The molecule has 0 fully saturated rings. The molecule has 0 amide bonds. The summed E-state index contributed by atoms with van der Waals surface area (Å²) in [6.07, 6.45) is 3.80. The van der Waals surface area contributed by atoms with E-state index in [1.54, 1.807) is 30.4 Å². The maximum absolute atomic E-state index is 12.3. The van der Waals surface area contributed by atoms with E-state index >= 15 is 0 Å². The van der Waals surface area contributed by atoms with Gasteiger partial charge in [-0.15, -0.1) is 12.4 Å². The zero-order valence-electron chi connectivity index (χ0n) is 12.7. The zero-order valence-corrected chi connectivity index (χ0v) is 13.5. The van der Waals surface area contributed by atoms with Crippen LogP contribution in [0, 0.1) is 0 Å². The molecule has 0 bridgehead atoms. The molecule has 0 aliphatic carbocycles. The van der Waals surface area contributed by atoms with E-state index in [2.05, 4.69) is 20.2 Å². The molecule has 1 N–H and O–H groups in total. The van der Waals surface area contributed by atoms with Gasteiger partial charge in [0.15, 0.2) is 5.82 Å². The summed E-state index contributed by atoms with van der Waals surface area (Å²) < 4.78 is 34.2. The average Bonchev–Trinajstić information content (AvgIpc) is 2.93. The van der Waals surface area contributed by atoms with E-state index in [9.17, 15) is 8.78 Å². The number of halogens is 3. The van der Waals surface area contributed by atoms with Crippen molar-refractivity contribution in [2.75, 3.05) is 7.05 Å². The van der Waals surface area contributed by atoms with Crippen molar-refractivity contribution >= 4 is 24.6 Å². The molecule has 2 rings (SSSR count). The Bertz CT molecular complexity index is 635. The number of benzene rings is 1. The summed E-state index contributed by atoms with van der Waals surface area (Å²) in [6.45, 7) is -0.864. The molecule has 1 atom stereocenters. The Kier molecular flexibility index (Phi) is 7.64. The second kappa shape index (κ2) is 9.22. The van der Waals surface area contributed by atoms with E-state index in [0.717, 1.165) is 0 Å². The SMILES string of the molecule is CNC(C)Cc1noc(/C=C/c2ccccc2OC(F)F)n1.Cl. The molecule has 126 valence electrons. The molecule has 0 aliphatic heterocycles. The molecule has 0 saturated carbocycles. The van der Waals surface area contributed by atoms with Crippen molar-refractivity contribution in [3.8, 4) is 5.75 Å². The van der Waals surface area contributed by atoms with Gasteiger partial charge < -0.3 is 14.6 Å². The van der Waals surface area contributed by atoms with Crippen LogP contribution in [0.3, 0.4) is 0 Å². The number of aromatic nitrogens is 2. The monoisotopic (exact) mass is 345 g/mol. The molecule has 2 aromatic rings. The first kappa shape index (κ1) is 19.1. The molecule has 5 nitrogen and oxygen atoms in total. The lowest BCUT2D eigenvalue weighted by Crippen LogP contribution is -2.24. The Balaban J connectivity index is 0.00000264. The first-order valence-electron chi connectivity index (χ1n) is 6.80. The fourth-order valence-corrected chi connectivity index (χ4v) is 1.78. The molecule has 8 heteroatoms. The van der Waals surface area contributed by atoms with Crippen LogP contribution in [0.15, 0.2) is 28.8 Å². The van der Waals surface area contributed by atoms with Crippen molar-refractivity contribution < 1.29 is 18.0 Å². The highest BCUT2D eigenvalue weighted by atomic mass is 35.5. The predicted octanol–water partition coefficient (Wildman–Crippen LogP) is 3.41. The summed E-state index contributed by atoms with van der Waals surface area (Å²) in [5, 5.41) is 6.94. The van der Waals surface area contributed by atoms with Crippen LogP contribution >= 0.6 is 12.4 Å². The summed E-state index contributed by atoms with van der Waals surface area (Å²) in [7, 11) is 1.85. The van der Waals surface area contributed by atoms with Gasteiger partial charge in [-0.2, -0.15) is 13.8 Å². The highest BCUT2D eigenvalue weighted by Crippen LogP contribution is 2.22. The Morgan fingerprint density at radius 1 is 1.30 bits per heavy atom. The molecule has 23 heavy (non-hydrogen) atoms. The minimum atomic E-state index is -2.87. The Morgan fingerprint density at radius 2 is 2.04 bits per heavy atom. The van der Waals surface area contributed by atoms with Gasteiger partial charge in [0.05, 0.1) is 0 Å². The summed E-state index contributed by atoms with van der Waals surface area (Å²) in [5.74, 6) is 0.987. The average molecular weight is 346 g/mol. The van der Waals surface area contributed by atoms with Crippen molar-refractivity contribution in [2.45, 2.75) is 26.0 Å². The van der Waals surface area contributed by atoms with Gasteiger partial charge >= 0.3 is 6.61 Å². The topological polar surface area (TPSA) is 60.2 Å². The van der Waals surface area contributed by atoms with Gasteiger partial charge in [0, 0.05) is 24.1 Å². The summed E-state index contributed by atoms with van der Waals surface area (Å²) in [5.41, 5.74) is 0.506. The maximum atomic E-state index is 12.3. The minimum absolute atomic E-state index is 0. The van der Waals surface area contributed by atoms with Gasteiger partial charge in [-0.05, 0) is 26.1 Å². The fraction of sp³-hybridized carbons (Fsp3) is 0.333. The molecule has 1 aromatic heterocycles. The number of rotatable bonds is 7. The number of ether oxygens (including phenoxy) is 1. The Morgan fingerprint density at radius 3 is 2.74 bits per heavy atom. The Hall–Kier alpha value is -1.99. The molecule has 1 unspecified atom stereocenters. The molecule has 1 aromatic carbocycles. The van der Waals surface area contributed by atoms with E-state index < -0.39 is 6.61 Å². The number of hydrogen-bond acceptors (Lipinski definition) is 5. The highest BCUT2D eigenvalue weighted by molar-refractivity contribution is 5.85. The number of para-hydroxylation sites is 1. The lowest BCUT2D eigenvalue weighted by Gasteiger charge is -2.06. The second-order valence-electron chi connectivity index (χ2n) is 4.69. The first-order chi connectivity index (χ1) is 10.6. The van der Waals surface area contributed by atoms with Crippen LogP contribution in [0.25, 0.3) is 12.2 Å². The smallest absolute Gasteiger partial charge is 0.387 e. The van der Waals surface area contributed by atoms with Crippen molar-refractivity contribution in [1.82, 2.24) is 15.5 Å². The quantitative estimate of drug-likeness (QED) is 0.833. The molecule has 0 spiro atoms. The van der Waals surface area contributed by atoms with Crippen LogP contribution < -0.4 is 10.1 Å². The van der Waals surface area contributed by atoms with Crippen molar-refractivity contribution in [2.24, 2.45) is 0 Å². The standard InChI is InChI=1S/C15H17F2N3O2.ClH/c1-10(18-2)9-13-19-14(22-20-13)8-7-11-5-3-4-6-12(11)21-15(16)17;/h3-8,10,15,18H,9H2,1-2H3;1H/b8-7+;. The molecule has 1 heterocycles. The largest absolute Gasteiger partial charge is 0.434 e. The van der Waals surface area contributed by atoms with Crippen molar-refractivity contribution in [3.63, 3.8) is 0 Å². The maximum Gasteiger partial charge on any atom is 0.387 e. The number of nitrogens with one attached hydrogen (secondary N) is 1. The predicted molar refractivity (Wildman–Crippen MR) is 85.8 cm³/mol. The van der Waals surface area contributed by atoms with Gasteiger partial charge in [-0.1, -0.05) is 23.4 Å². The van der Waals surface area contributed by atoms with Gasteiger partial charge in [0.2, 0.25) is 0 Å². The lowest BCUT2D eigenvalue weighted by atomic mass is 10.2. The van der Waals surface area contributed by atoms with E-state index in [0.29, 0.717) is 23.7 Å². The summed E-state index contributed by atoms with van der Waals surface area (Å²) in [6, 6.07) is 6.72. The first-order valence-corrected chi connectivity index (χ1v) is 6.80. The third kappa shape index (κ3) is 5.96. The van der Waals surface area contributed by atoms with E-state index in [1.165, 1.54) is 6.07 Å². The Labute approximate surface area is 139 Å². The van der Waals surface area contributed by atoms with Gasteiger partial charge in [0.1, 0.15) is 5.75 Å². The van der Waals surface area contributed by atoms with Gasteiger partial charge in [-0.3, -0.25) is 0 Å². The van der Waals surface area contributed by atoms with Crippen LogP contribution in [0.2, 0.25) is 0 Å². The number of hydrogen-bond donors (Lipinski definition) is 1. The number of likely N-dealkylation sites (N-methyl/N-ethyl adjacent to an activating group) is 1. The lowest BCUT2D eigenvalue weighted by molar-refractivity contribution is -0.0499. The second-order valence-corrected chi connectivity index (χ2v) is 4.69. The van der Waals surface area contributed by atoms with E-state index in [-0.39, 0.29) is 24.2 Å². The third-order valence-electron chi connectivity index (χ3n) is 3.01. The summed E-state index contributed by atoms with van der Waals surface area (Å²) >= 11 is 0. The van der Waals surface area contributed by atoms with Gasteiger partial charge in [-0.25, -0.2) is 0 Å². The van der Waals surface area contributed by atoms with Crippen molar-refractivity contribution in [1.29, 1.82) is 0 Å². The molecule has 0 saturated heterocycles. The van der Waals surface area contributed by atoms with Crippen LogP contribution in [0.4, 0.5) is 8.78 Å². The van der Waals surface area contributed by atoms with Crippen LogP contribution in [0.1, 0.15) is 24.2 Å². The van der Waals surface area contributed by atoms with Crippen LogP contribution in [-0.4, -0.2) is 29.8 Å². The third-order valence-corrected chi connectivity index (χ3v) is 3.01. The molecular weight excluding hydrogens is 328 g/mol. The summed E-state index contributed by atoms with van der Waals surface area (Å²) in [4.78, 5) is 4.21. The molecule has 0 aliphatic rings. The van der Waals surface area contributed by atoms with Crippen LogP contribution in [-0.2, 0) is 6.42 Å². The molecular formula is C15H18ClF2N3O2.